The Kier molecular flexibility index (Phi) is 8.15. The molecule has 0 N–H and O–H groups in total. The maximum Gasteiger partial charge on any atom is 0.188 e. The third-order valence-corrected chi connectivity index (χ3v) is 7.85. The van der Waals surface area contributed by atoms with E-state index in [-0.39, 0.29) is 17.4 Å². The zero-order valence-corrected chi connectivity index (χ0v) is 22.0. The van der Waals surface area contributed by atoms with Gasteiger partial charge in [-0.25, -0.2) is 4.68 Å². The van der Waals surface area contributed by atoms with Crippen LogP contribution in [-0.4, -0.2) is 24.8 Å². The van der Waals surface area contributed by atoms with E-state index < -0.39 is 0 Å². The number of benzene rings is 2. The normalized spacial score (nSPS) is 14.3. The molecule has 3 rings (SSSR count). The lowest BCUT2D eigenvalue weighted by molar-refractivity contribution is 0.0487. The summed E-state index contributed by atoms with van der Waals surface area (Å²) < 4.78 is 13.4. The van der Waals surface area contributed by atoms with Gasteiger partial charge in [-0.15, -0.1) is 0 Å². The predicted octanol–water partition coefficient (Wildman–Crippen LogP) is 6.59. The van der Waals surface area contributed by atoms with E-state index in [1.807, 2.05) is 35.4 Å². The summed E-state index contributed by atoms with van der Waals surface area (Å²) in [5, 5.41) is 5.81. The van der Waals surface area contributed by atoms with Crippen molar-refractivity contribution in [1.29, 1.82) is 0 Å². The summed E-state index contributed by atoms with van der Waals surface area (Å²) in [5.41, 5.74) is 4.84. The van der Waals surface area contributed by atoms with E-state index in [0.29, 0.717) is 8.58 Å². The molecule has 1 aromatic heterocycles. The maximum atomic E-state index is 6.26. The zero-order valence-electron chi connectivity index (χ0n) is 21.0. The first kappa shape index (κ1) is 25.2. The van der Waals surface area contributed by atoms with Gasteiger partial charge < -0.3 is 9.47 Å². The van der Waals surface area contributed by atoms with E-state index in [1.54, 1.807) is 7.11 Å². The lowest BCUT2D eigenvalue weighted by atomic mass is 9.81. The highest BCUT2D eigenvalue weighted by molar-refractivity contribution is 7.48. The van der Waals surface area contributed by atoms with Crippen LogP contribution in [0.3, 0.4) is 0 Å². The van der Waals surface area contributed by atoms with E-state index in [1.165, 1.54) is 22.0 Å². The van der Waals surface area contributed by atoms with Crippen molar-refractivity contribution in [3.05, 3.63) is 83.2 Å². The molecule has 3 aromatic rings. The Labute approximate surface area is 200 Å². The first-order valence-electron chi connectivity index (χ1n) is 11.5. The first-order chi connectivity index (χ1) is 15.7. The summed E-state index contributed by atoms with van der Waals surface area (Å²) in [6.45, 7) is 13.8. The van der Waals surface area contributed by atoms with Gasteiger partial charge in [0.2, 0.25) is 0 Å². The van der Waals surface area contributed by atoms with E-state index in [2.05, 4.69) is 83.0 Å². The van der Waals surface area contributed by atoms with Gasteiger partial charge in [-0.2, -0.15) is 5.10 Å². The van der Waals surface area contributed by atoms with Crippen molar-refractivity contribution in [2.45, 2.75) is 58.5 Å². The molecule has 0 amide bonds. The minimum absolute atomic E-state index is 0.0388. The highest BCUT2D eigenvalue weighted by atomic mass is 31.1. The largest absolute Gasteiger partial charge is 0.467 e. The zero-order chi connectivity index (χ0) is 24.1. The lowest BCUT2D eigenvalue weighted by Gasteiger charge is -2.35. The van der Waals surface area contributed by atoms with Crippen molar-refractivity contribution >= 4 is 20.1 Å². The smallest absolute Gasteiger partial charge is 0.188 e. The second-order valence-electron chi connectivity index (χ2n) is 9.70. The molecule has 0 spiro atoms. The number of ether oxygens (including phenoxy) is 2. The van der Waals surface area contributed by atoms with Crippen LogP contribution in [0.1, 0.15) is 63.3 Å². The maximum absolute atomic E-state index is 6.26. The quantitative estimate of drug-likeness (QED) is 0.203. The molecule has 0 aliphatic rings. The van der Waals surface area contributed by atoms with Crippen molar-refractivity contribution in [3.8, 4) is 5.75 Å². The topological polar surface area (TPSA) is 35.8 Å². The molecule has 0 aliphatic carbocycles. The van der Waals surface area contributed by atoms with Gasteiger partial charge in [0, 0.05) is 41.3 Å². The number of hydrogen-bond acceptors (Lipinski definition) is 3. The van der Waals surface area contributed by atoms with Crippen LogP contribution in [-0.2, 0) is 15.3 Å². The molecule has 2 aromatic carbocycles. The second kappa shape index (κ2) is 10.7. The monoisotopic (exact) mass is 464 g/mol. The number of aromatic nitrogens is 1. The summed E-state index contributed by atoms with van der Waals surface area (Å²) in [7, 11) is 2.23. The van der Waals surface area contributed by atoms with Crippen LogP contribution in [0, 0.1) is 6.92 Å². The molecule has 5 heteroatoms. The SMILES string of the molecule is CCC(C)(Pc1ccccc1/C=N/n1cccc1)c1cc(C)cc(C(C)(C)C)c1OCOC. The molecular weight excluding hydrogens is 427 g/mol. The van der Waals surface area contributed by atoms with Crippen LogP contribution in [0.15, 0.2) is 66.0 Å². The number of nitrogens with zero attached hydrogens (tertiary/aromatic N) is 2. The number of aryl methyl sites for hydroxylation is 1. The van der Waals surface area contributed by atoms with Gasteiger partial charge in [0.15, 0.2) is 6.79 Å². The fourth-order valence-electron chi connectivity index (χ4n) is 3.91. The lowest BCUT2D eigenvalue weighted by Crippen LogP contribution is -2.24. The second-order valence-corrected chi connectivity index (χ2v) is 11.6. The molecule has 2 unspecified atom stereocenters. The molecule has 0 aliphatic heterocycles. The molecule has 0 fully saturated rings. The fraction of sp³-hybridized carbons (Fsp3) is 0.393. The molecule has 0 bridgehead atoms. The van der Waals surface area contributed by atoms with E-state index in [9.17, 15) is 0 Å². The van der Waals surface area contributed by atoms with Gasteiger partial charge in [0.05, 0.1) is 6.21 Å². The molecule has 0 radical (unpaired) electrons. The van der Waals surface area contributed by atoms with Crippen LogP contribution in [0.2, 0.25) is 0 Å². The van der Waals surface area contributed by atoms with Crippen LogP contribution in [0.25, 0.3) is 0 Å². The summed E-state index contributed by atoms with van der Waals surface area (Å²) in [6, 6.07) is 17.1. The first-order valence-corrected chi connectivity index (χ1v) is 12.5. The highest BCUT2D eigenvalue weighted by Crippen LogP contribution is 2.50. The van der Waals surface area contributed by atoms with Crippen LogP contribution >= 0.6 is 8.58 Å². The molecule has 4 nitrogen and oxygen atoms in total. The van der Waals surface area contributed by atoms with Gasteiger partial charge in [0.1, 0.15) is 5.75 Å². The number of rotatable bonds is 9. The Morgan fingerprint density at radius 3 is 2.30 bits per heavy atom. The van der Waals surface area contributed by atoms with Crippen LogP contribution in [0.5, 0.6) is 5.75 Å². The van der Waals surface area contributed by atoms with Crippen molar-refractivity contribution in [2.75, 3.05) is 13.9 Å². The summed E-state index contributed by atoms with van der Waals surface area (Å²) in [6.07, 6.45) is 6.83. The van der Waals surface area contributed by atoms with Gasteiger partial charge in [-0.1, -0.05) is 85.2 Å². The molecule has 33 heavy (non-hydrogen) atoms. The van der Waals surface area contributed by atoms with Gasteiger partial charge in [-0.3, -0.25) is 0 Å². The Balaban J connectivity index is 2.08. The van der Waals surface area contributed by atoms with Gasteiger partial charge >= 0.3 is 0 Å². The fourth-order valence-corrected chi connectivity index (χ4v) is 5.47. The molecule has 0 saturated carbocycles. The Morgan fingerprint density at radius 2 is 1.67 bits per heavy atom. The average molecular weight is 465 g/mol. The Hall–Kier alpha value is -2.42. The van der Waals surface area contributed by atoms with Crippen LogP contribution < -0.4 is 10.0 Å². The average Bonchev–Trinajstić information content (AvgIpc) is 3.30. The van der Waals surface area contributed by atoms with E-state index >= 15 is 0 Å². The standard InChI is InChI=1S/C28H37N2O2P/c1-8-28(6,24-18-21(2)17-23(27(3,4)5)26(24)32-20-31-7)33-25-14-10-9-13-22(25)19-29-30-15-11-12-16-30/h9-19,33H,8,20H2,1-7H3/b29-19+. The van der Waals surface area contributed by atoms with Crippen molar-refractivity contribution < 1.29 is 9.47 Å². The highest BCUT2D eigenvalue weighted by Gasteiger charge is 2.33. The Morgan fingerprint density at radius 1 is 1.00 bits per heavy atom. The van der Waals surface area contributed by atoms with Crippen molar-refractivity contribution in [3.63, 3.8) is 0 Å². The minimum atomic E-state index is -0.0908. The molecule has 0 saturated heterocycles. The van der Waals surface area contributed by atoms with Gasteiger partial charge in [0.25, 0.3) is 0 Å². The minimum Gasteiger partial charge on any atom is -0.467 e. The predicted molar refractivity (Wildman–Crippen MR) is 142 cm³/mol. The Bertz CT molecular complexity index is 1080. The number of hydrogen-bond donors (Lipinski definition) is 0. The summed E-state index contributed by atoms with van der Waals surface area (Å²) in [5.74, 6) is 0.963. The van der Waals surface area contributed by atoms with Gasteiger partial charge in [-0.05, 0) is 36.2 Å². The molecule has 176 valence electrons. The van der Waals surface area contributed by atoms with E-state index in [4.69, 9.17) is 9.47 Å². The summed E-state index contributed by atoms with van der Waals surface area (Å²) in [4.78, 5) is 0. The third kappa shape index (κ3) is 6.13. The third-order valence-electron chi connectivity index (χ3n) is 5.95. The number of methoxy groups -OCH3 is 1. The van der Waals surface area contributed by atoms with Crippen molar-refractivity contribution in [1.82, 2.24) is 4.68 Å². The molecule has 1 heterocycles. The van der Waals surface area contributed by atoms with Crippen molar-refractivity contribution in [2.24, 2.45) is 5.10 Å². The van der Waals surface area contributed by atoms with Crippen LogP contribution in [0.4, 0.5) is 0 Å². The molecule has 2 atom stereocenters. The van der Waals surface area contributed by atoms with E-state index in [0.717, 1.165) is 17.7 Å². The molecular formula is C28H37N2O2P. The summed E-state index contributed by atoms with van der Waals surface area (Å²) >= 11 is 0.